The van der Waals surface area contributed by atoms with Crippen molar-refractivity contribution in [2.75, 3.05) is 5.32 Å². The first-order valence-electron chi connectivity index (χ1n) is 5.90. The van der Waals surface area contributed by atoms with Gasteiger partial charge in [-0.15, -0.1) is 0 Å². The number of hydrogen-bond acceptors (Lipinski definition) is 3. The van der Waals surface area contributed by atoms with Crippen LogP contribution in [-0.4, -0.2) is 10.8 Å². The highest BCUT2D eigenvalue weighted by Crippen LogP contribution is 2.26. The molecular formula is C14H10F2N2O3. The molecule has 0 fully saturated rings. The summed E-state index contributed by atoms with van der Waals surface area (Å²) in [6, 6.07) is 7.32. The fourth-order valence-corrected chi connectivity index (χ4v) is 1.77. The molecule has 0 atom stereocenters. The summed E-state index contributed by atoms with van der Waals surface area (Å²) in [7, 11) is 0. The van der Waals surface area contributed by atoms with Gasteiger partial charge in [0.25, 0.3) is 11.6 Å². The molecule has 2 aromatic carbocycles. The van der Waals surface area contributed by atoms with Gasteiger partial charge in [0, 0.05) is 6.07 Å². The minimum absolute atomic E-state index is 0.0840. The third-order valence-electron chi connectivity index (χ3n) is 2.79. The van der Waals surface area contributed by atoms with E-state index in [1.807, 2.05) is 0 Å². The molecule has 0 aromatic heterocycles. The predicted molar refractivity (Wildman–Crippen MR) is 72.1 cm³/mol. The van der Waals surface area contributed by atoms with E-state index in [4.69, 9.17) is 0 Å². The molecule has 0 unspecified atom stereocenters. The van der Waals surface area contributed by atoms with Crippen LogP contribution in [0.4, 0.5) is 20.2 Å². The molecule has 21 heavy (non-hydrogen) atoms. The number of amides is 1. The summed E-state index contributed by atoms with van der Waals surface area (Å²) in [5.41, 5.74) is -0.291. The van der Waals surface area contributed by atoms with E-state index in [1.165, 1.54) is 18.2 Å². The topological polar surface area (TPSA) is 72.2 Å². The second-order valence-electron chi connectivity index (χ2n) is 4.33. The van der Waals surface area contributed by atoms with Crippen molar-refractivity contribution in [2.45, 2.75) is 6.92 Å². The molecule has 0 spiro atoms. The van der Waals surface area contributed by atoms with Gasteiger partial charge in [0.1, 0.15) is 5.69 Å². The molecule has 0 radical (unpaired) electrons. The van der Waals surface area contributed by atoms with Gasteiger partial charge >= 0.3 is 0 Å². The smallest absolute Gasteiger partial charge is 0.293 e. The summed E-state index contributed by atoms with van der Waals surface area (Å²) in [6.45, 7) is 1.66. The van der Waals surface area contributed by atoms with E-state index in [2.05, 4.69) is 5.32 Å². The van der Waals surface area contributed by atoms with E-state index in [0.29, 0.717) is 5.56 Å². The van der Waals surface area contributed by atoms with Crippen molar-refractivity contribution in [3.05, 3.63) is 69.3 Å². The molecule has 0 aliphatic rings. The maximum atomic E-state index is 13.5. The molecule has 2 aromatic rings. The summed E-state index contributed by atoms with van der Waals surface area (Å²) < 4.78 is 26.6. The Hall–Kier alpha value is -2.83. The van der Waals surface area contributed by atoms with Crippen LogP contribution >= 0.6 is 0 Å². The maximum Gasteiger partial charge on any atom is 0.293 e. The molecule has 1 amide bonds. The Kier molecular flexibility index (Phi) is 3.93. The second-order valence-corrected chi connectivity index (χ2v) is 4.33. The van der Waals surface area contributed by atoms with Crippen LogP contribution < -0.4 is 5.32 Å². The Morgan fingerprint density at radius 2 is 1.95 bits per heavy atom. The van der Waals surface area contributed by atoms with Crippen LogP contribution in [0.2, 0.25) is 0 Å². The second kappa shape index (κ2) is 5.66. The fraction of sp³-hybridized carbons (Fsp3) is 0.0714. The minimum atomic E-state index is -1.30. The van der Waals surface area contributed by atoms with Crippen LogP contribution in [0.3, 0.4) is 0 Å². The molecule has 0 heterocycles. The van der Waals surface area contributed by atoms with Crippen molar-refractivity contribution < 1.29 is 18.5 Å². The van der Waals surface area contributed by atoms with Crippen LogP contribution in [0.15, 0.2) is 36.4 Å². The Morgan fingerprint density at radius 3 is 2.62 bits per heavy atom. The molecule has 0 aliphatic carbocycles. The number of nitrogens with one attached hydrogen (secondary N) is 1. The van der Waals surface area contributed by atoms with Crippen LogP contribution in [0.5, 0.6) is 0 Å². The lowest BCUT2D eigenvalue weighted by molar-refractivity contribution is -0.384. The minimum Gasteiger partial charge on any atom is -0.316 e. The highest BCUT2D eigenvalue weighted by Gasteiger charge is 2.19. The van der Waals surface area contributed by atoms with Crippen LogP contribution in [-0.2, 0) is 0 Å². The third-order valence-corrected chi connectivity index (χ3v) is 2.79. The molecule has 1 N–H and O–H groups in total. The van der Waals surface area contributed by atoms with Crippen molar-refractivity contribution >= 4 is 17.3 Å². The summed E-state index contributed by atoms with van der Waals surface area (Å²) in [4.78, 5) is 22.2. The molecule has 108 valence electrons. The molecule has 5 nitrogen and oxygen atoms in total. The van der Waals surface area contributed by atoms with Crippen molar-refractivity contribution in [2.24, 2.45) is 0 Å². The Bertz CT molecular complexity index is 732. The summed E-state index contributed by atoms with van der Waals surface area (Å²) in [5, 5.41) is 13.1. The number of rotatable bonds is 3. The summed E-state index contributed by atoms with van der Waals surface area (Å²) in [5.74, 6) is -3.43. The average molecular weight is 292 g/mol. The summed E-state index contributed by atoms with van der Waals surface area (Å²) >= 11 is 0. The van der Waals surface area contributed by atoms with E-state index in [0.717, 1.165) is 12.1 Å². The fourth-order valence-electron chi connectivity index (χ4n) is 1.77. The van der Waals surface area contributed by atoms with Crippen molar-refractivity contribution in [1.29, 1.82) is 0 Å². The normalized spacial score (nSPS) is 10.2. The number of nitrogens with zero attached hydrogens (tertiary/aromatic N) is 1. The number of benzene rings is 2. The molecule has 0 bridgehead atoms. The number of aryl methyl sites for hydroxylation is 1. The Balaban J connectivity index is 2.36. The highest BCUT2D eigenvalue weighted by atomic mass is 19.2. The van der Waals surface area contributed by atoms with Gasteiger partial charge in [0.2, 0.25) is 0 Å². The molecule has 0 aliphatic heterocycles. The number of nitro benzene ring substituents is 1. The van der Waals surface area contributed by atoms with Gasteiger partial charge in [-0.25, -0.2) is 8.78 Å². The standard InChI is InChI=1S/C14H10F2N2O3/c1-8-5-6-11(12(7-8)18(20)21)17-14(19)9-3-2-4-10(15)13(9)16/h2-7H,1H3,(H,17,19). The van der Waals surface area contributed by atoms with Crippen LogP contribution in [0, 0.1) is 28.7 Å². The Labute approximate surface area is 118 Å². The first-order chi connectivity index (χ1) is 9.90. The highest BCUT2D eigenvalue weighted by molar-refractivity contribution is 6.05. The first-order valence-corrected chi connectivity index (χ1v) is 5.90. The quantitative estimate of drug-likeness (QED) is 0.695. The summed E-state index contributed by atoms with van der Waals surface area (Å²) in [6.07, 6.45) is 0. The maximum absolute atomic E-state index is 13.5. The largest absolute Gasteiger partial charge is 0.316 e. The zero-order valence-corrected chi connectivity index (χ0v) is 10.9. The van der Waals surface area contributed by atoms with Crippen molar-refractivity contribution in [3.8, 4) is 0 Å². The average Bonchev–Trinajstić information content (AvgIpc) is 2.43. The van der Waals surface area contributed by atoms with Gasteiger partial charge in [-0.1, -0.05) is 12.1 Å². The van der Waals surface area contributed by atoms with Crippen LogP contribution in [0.25, 0.3) is 0 Å². The van der Waals surface area contributed by atoms with Gasteiger partial charge in [0.05, 0.1) is 10.5 Å². The van der Waals surface area contributed by atoms with Gasteiger partial charge in [-0.2, -0.15) is 0 Å². The van der Waals surface area contributed by atoms with Gasteiger partial charge in [0.15, 0.2) is 11.6 Å². The first kappa shape index (κ1) is 14.6. The zero-order chi connectivity index (χ0) is 15.6. The lowest BCUT2D eigenvalue weighted by Crippen LogP contribution is -2.15. The SMILES string of the molecule is Cc1ccc(NC(=O)c2cccc(F)c2F)c([N+](=O)[O-])c1. The van der Waals surface area contributed by atoms with Gasteiger partial charge < -0.3 is 5.32 Å². The number of carbonyl (C=O) groups excluding carboxylic acids is 1. The Morgan fingerprint density at radius 1 is 1.24 bits per heavy atom. The van der Waals surface area contributed by atoms with Gasteiger partial charge in [-0.3, -0.25) is 14.9 Å². The van der Waals surface area contributed by atoms with Gasteiger partial charge in [-0.05, 0) is 30.7 Å². The van der Waals surface area contributed by atoms with E-state index in [9.17, 15) is 23.7 Å². The lowest BCUT2D eigenvalue weighted by Gasteiger charge is -2.07. The van der Waals surface area contributed by atoms with Crippen molar-refractivity contribution in [1.82, 2.24) is 0 Å². The third kappa shape index (κ3) is 3.02. The molecule has 0 saturated carbocycles. The molecule has 2 rings (SSSR count). The van der Waals surface area contributed by atoms with E-state index >= 15 is 0 Å². The van der Waals surface area contributed by atoms with E-state index in [1.54, 1.807) is 13.0 Å². The zero-order valence-electron chi connectivity index (χ0n) is 10.9. The molecule has 0 saturated heterocycles. The van der Waals surface area contributed by atoms with Crippen LogP contribution in [0.1, 0.15) is 15.9 Å². The number of hydrogen-bond donors (Lipinski definition) is 1. The number of anilines is 1. The predicted octanol–water partition coefficient (Wildman–Crippen LogP) is 3.43. The molecular weight excluding hydrogens is 282 g/mol. The number of nitro groups is 1. The lowest BCUT2D eigenvalue weighted by atomic mass is 10.1. The number of carbonyl (C=O) groups is 1. The monoisotopic (exact) mass is 292 g/mol. The van der Waals surface area contributed by atoms with E-state index in [-0.39, 0.29) is 11.4 Å². The molecule has 7 heteroatoms. The van der Waals surface area contributed by atoms with Crippen molar-refractivity contribution in [3.63, 3.8) is 0 Å². The number of halogens is 2. The van der Waals surface area contributed by atoms with E-state index < -0.39 is 28.0 Å².